The summed E-state index contributed by atoms with van der Waals surface area (Å²) in [4.78, 5) is 17.4. The maximum atomic E-state index is 10.8. The molecule has 0 saturated heterocycles. The minimum Gasteiger partial charge on any atom is -0.370 e. The molecule has 0 spiro atoms. The number of nitrogens with two attached hydrogens (primary N) is 1. The summed E-state index contributed by atoms with van der Waals surface area (Å²) in [5, 5.41) is 0. The second kappa shape index (κ2) is 4.64. The van der Waals surface area contributed by atoms with Crippen LogP contribution in [0.4, 0.5) is 0 Å². The summed E-state index contributed by atoms with van der Waals surface area (Å²) in [7, 11) is 0. The van der Waals surface area contributed by atoms with Gasteiger partial charge >= 0.3 is 0 Å². The van der Waals surface area contributed by atoms with Gasteiger partial charge in [-0.15, -0.1) is 0 Å². The van der Waals surface area contributed by atoms with Gasteiger partial charge in [-0.1, -0.05) is 0 Å². The number of amides is 1. The molecule has 1 aliphatic heterocycles. The second-order valence-electron chi connectivity index (χ2n) is 4.60. The van der Waals surface area contributed by atoms with Crippen molar-refractivity contribution in [2.45, 2.75) is 38.1 Å². The fraction of sp³-hybridized carbons (Fsp3) is 0.818. The first kappa shape index (κ1) is 10.5. The van der Waals surface area contributed by atoms with Crippen LogP contribution >= 0.6 is 0 Å². The SMILES string of the molecule is NC(=O)CC1CCC(N2C=NCC2)CC1. The molecule has 0 bridgehead atoms. The maximum absolute atomic E-state index is 10.8. The van der Waals surface area contributed by atoms with E-state index in [-0.39, 0.29) is 5.91 Å². The standard InChI is InChI=1S/C11H19N3O/c12-11(15)7-9-1-3-10(4-2-9)14-6-5-13-8-14/h8-10H,1-7H2,(H2,12,15). The third kappa shape index (κ3) is 2.70. The summed E-state index contributed by atoms with van der Waals surface area (Å²) in [6.45, 7) is 2.02. The second-order valence-corrected chi connectivity index (χ2v) is 4.60. The van der Waals surface area contributed by atoms with Crippen molar-refractivity contribution in [1.82, 2.24) is 4.90 Å². The summed E-state index contributed by atoms with van der Waals surface area (Å²) in [5.41, 5.74) is 5.21. The largest absolute Gasteiger partial charge is 0.370 e. The average Bonchev–Trinajstić information content (AvgIpc) is 2.71. The smallest absolute Gasteiger partial charge is 0.217 e. The molecule has 0 aromatic carbocycles. The Morgan fingerprint density at radius 3 is 2.67 bits per heavy atom. The minimum atomic E-state index is -0.152. The van der Waals surface area contributed by atoms with E-state index in [4.69, 9.17) is 5.73 Å². The van der Waals surface area contributed by atoms with Gasteiger partial charge in [-0.25, -0.2) is 0 Å². The van der Waals surface area contributed by atoms with Crippen molar-refractivity contribution in [3.63, 3.8) is 0 Å². The van der Waals surface area contributed by atoms with E-state index in [1.165, 1.54) is 12.8 Å². The molecule has 0 atom stereocenters. The van der Waals surface area contributed by atoms with E-state index in [1.807, 2.05) is 6.34 Å². The molecular formula is C11H19N3O. The molecule has 15 heavy (non-hydrogen) atoms. The van der Waals surface area contributed by atoms with Crippen LogP contribution in [-0.2, 0) is 4.79 Å². The van der Waals surface area contributed by atoms with Gasteiger partial charge in [-0.05, 0) is 31.6 Å². The van der Waals surface area contributed by atoms with Crippen LogP contribution in [0.3, 0.4) is 0 Å². The van der Waals surface area contributed by atoms with Crippen LogP contribution in [-0.4, -0.2) is 36.3 Å². The number of carbonyl (C=O) groups is 1. The highest BCUT2D eigenvalue weighted by molar-refractivity contribution is 5.74. The zero-order valence-electron chi connectivity index (χ0n) is 9.06. The first-order valence-corrected chi connectivity index (χ1v) is 5.79. The molecule has 1 aliphatic carbocycles. The topological polar surface area (TPSA) is 58.7 Å². The highest BCUT2D eigenvalue weighted by Gasteiger charge is 2.26. The molecule has 0 aromatic heterocycles. The van der Waals surface area contributed by atoms with Gasteiger partial charge in [0, 0.05) is 19.0 Å². The number of rotatable bonds is 3. The highest BCUT2D eigenvalue weighted by atomic mass is 16.1. The summed E-state index contributed by atoms with van der Waals surface area (Å²) < 4.78 is 0. The predicted molar refractivity (Wildman–Crippen MR) is 59.6 cm³/mol. The van der Waals surface area contributed by atoms with Crippen molar-refractivity contribution in [3.8, 4) is 0 Å². The van der Waals surface area contributed by atoms with Gasteiger partial charge in [0.2, 0.25) is 5.91 Å². The zero-order chi connectivity index (χ0) is 10.7. The Bertz CT molecular complexity index is 257. The van der Waals surface area contributed by atoms with Gasteiger partial charge in [0.1, 0.15) is 0 Å². The molecule has 4 nitrogen and oxygen atoms in total. The van der Waals surface area contributed by atoms with Gasteiger partial charge < -0.3 is 10.6 Å². The van der Waals surface area contributed by atoms with E-state index in [0.29, 0.717) is 18.4 Å². The van der Waals surface area contributed by atoms with Crippen LogP contribution in [0.1, 0.15) is 32.1 Å². The number of nitrogens with zero attached hydrogens (tertiary/aromatic N) is 2. The van der Waals surface area contributed by atoms with E-state index >= 15 is 0 Å². The number of aliphatic imine (C=N–C) groups is 1. The molecule has 2 N–H and O–H groups in total. The summed E-state index contributed by atoms with van der Waals surface area (Å²) >= 11 is 0. The van der Waals surface area contributed by atoms with Crippen molar-refractivity contribution >= 4 is 12.2 Å². The molecule has 1 fully saturated rings. The average molecular weight is 209 g/mol. The summed E-state index contributed by atoms with van der Waals surface area (Å²) in [6, 6.07) is 0.653. The molecule has 1 amide bonds. The van der Waals surface area contributed by atoms with Gasteiger partial charge in [0.05, 0.1) is 12.9 Å². The van der Waals surface area contributed by atoms with Crippen LogP contribution < -0.4 is 5.73 Å². The van der Waals surface area contributed by atoms with E-state index in [2.05, 4.69) is 9.89 Å². The highest BCUT2D eigenvalue weighted by Crippen LogP contribution is 2.29. The van der Waals surface area contributed by atoms with E-state index in [1.54, 1.807) is 0 Å². The molecule has 1 heterocycles. The lowest BCUT2D eigenvalue weighted by atomic mass is 9.83. The molecule has 2 aliphatic rings. The third-order valence-electron chi connectivity index (χ3n) is 3.49. The Balaban J connectivity index is 1.76. The molecule has 0 radical (unpaired) electrons. The molecule has 0 unspecified atom stereocenters. The fourth-order valence-corrected chi connectivity index (χ4v) is 2.64. The lowest BCUT2D eigenvalue weighted by Gasteiger charge is -2.33. The Hall–Kier alpha value is -1.06. The minimum absolute atomic E-state index is 0.152. The maximum Gasteiger partial charge on any atom is 0.217 e. The van der Waals surface area contributed by atoms with E-state index in [9.17, 15) is 4.79 Å². The van der Waals surface area contributed by atoms with Crippen LogP contribution in [0.2, 0.25) is 0 Å². The van der Waals surface area contributed by atoms with Crippen molar-refractivity contribution in [1.29, 1.82) is 0 Å². The van der Waals surface area contributed by atoms with Crippen LogP contribution in [0.5, 0.6) is 0 Å². The van der Waals surface area contributed by atoms with Crippen molar-refractivity contribution in [2.75, 3.05) is 13.1 Å². The number of primary amides is 1. The van der Waals surface area contributed by atoms with E-state index in [0.717, 1.165) is 25.9 Å². The third-order valence-corrected chi connectivity index (χ3v) is 3.49. The molecule has 1 saturated carbocycles. The van der Waals surface area contributed by atoms with E-state index < -0.39 is 0 Å². The summed E-state index contributed by atoms with van der Waals surface area (Å²) in [5.74, 6) is 0.375. The van der Waals surface area contributed by atoms with Gasteiger partial charge in [-0.2, -0.15) is 0 Å². The Morgan fingerprint density at radius 2 is 2.13 bits per heavy atom. The first-order chi connectivity index (χ1) is 7.25. The van der Waals surface area contributed by atoms with Crippen LogP contribution in [0.15, 0.2) is 4.99 Å². The zero-order valence-corrected chi connectivity index (χ0v) is 9.06. The summed E-state index contributed by atoms with van der Waals surface area (Å²) in [6.07, 6.45) is 7.20. The van der Waals surface area contributed by atoms with Crippen molar-refractivity contribution in [2.24, 2.45) is 16.6 Å². The van der Waals surface area contributed by atoms with Crippen LogP contribution in [0.25, 0.3) is 0 Å². The fourth-order valence-electron chi connectivity index (χ4n) is 2.64. The molecule has 4 heteroatoms. The van der Waals surface area contributed by atoms with Crippen molar-refractivity contribution < 1.29 is 4.79 Å². The monoisotopic (exact) mass is 209 g/mol. The number of carbonyl (C=O) groups excluding carboxylic acids is 1. The lowest BCUT2D eigenvalue weighted by Crippen LogP contribution is -2.36. The Labute approximate surface area is 90.5 Å². The quantitative estimate of drug-likeness (QED) is 0.746. The number of hydrogen-bond acceptors (Lipinski definition) is 3. The van der Waals surface area contributed by atoms with Gasteiger partial charge in [0.15, 0.2) is 0 Å². The van der Waals surface area contributed by atoms with Gasteiger partial charge in [0.25, 0.3) is 0 Å². The molecule has 2 rings (SSSR count). The van der Waals surface area contributed by atoms with Crippen molar-refractivity contribution in [3.05, 3.63) is 0 Å². The molecular weight excluding hydrogens is 190 g/mol. The van der Waals surface area contributed by atoms with Gasteiger partial charge in [-0.3, -0.25) is 9.79 Å². The lowest BCUT2D eigenvalue weighted by molar-refractivity contribution is -0.119. The number of hydrogen-bond donors (Lipinski definition) is 1. The molecule has 84 valence electrons. The first-order valence-electron chi connectivity index (χ1n) is 5.79. The van der Waals surface area contributed by atoms with Crippen LogP contribution in [0, 0.1) is 5.92 Å². The molecule has 0 aromatic rings. The Kier molecular flexibility index (Phi) is 3.23. The normalized spacial score (nSPS) is 30.8. The Morgan fingerprint density at radius 1 is 1.40 bits per heavy atom. The predicted octanol–water partition coefficient (Wildman–Crippen LogP) is 0.764.